The van der Waals surface area contributed by atoms with Crippen LogP contribution in [0.3, 0.4) is 0 Å². The smallest absolute Gasteiger partial charge is 0.321 e. The summed E-state index contributed by atoms with van der Waals surface area (Å²) in [6.45, 7) is 3.67. The van der Waals surface area contributed by atoms with Crippen molar-refractivity contribution in [1.29, 1.82) is 0 Å². The zero-order valence-electron chi connectivity index (χ0n) is 18.3. The van der Waals surface area contributed by atoms with Crippen LogP contribution in [0.25, 0.3) is 0 Å². The predicted octanol–water partition coefficient (Wildman–Crippen LogP) is 5.11. The Morgan fingerprint density at radius 3 is 1.88 bits per heavy atom. The number of benzene rings is 3. The van der Waals surface area contributed by atoms with Crippen molar-refractivity contribution in [2.45, 2.75) is 13.0 Å². The molecule has 0 aliphatic carbocycles. The van der Waals surface area contributed by atoms with Gasteiger partial charge in [0.15, 0.2) is 5.78 Å². The number of nitrogens with one attached hydrogen (secondary N) is 1. The molecule has 0 bridgehead atoms. The molecule has 1 N–H and O–H groups in total. The van der Waals surface area contributed by atoms with Gasteiger partial charge in [0.25, 0.3) is 0 Å². The zero-order chi connectivity index (χ0) is 23.4. The van der Waals surface area contributed by atoms with Gasteiger partial charge < -0.3 is 10.2 Å². The van der Waals surface area contributed by atoms with Crippen molar-refractivity contribution < 1.29 is 18.4 Å². The van der Waals surface area contributed by atoms with Crippen LogP contribution in [0.4, 0.5) is 19.3 Å². The van der Waals surface area contributed by atoms with E-state index in [-0.39, 0.29) is 29.5 Å². The largest absolute Gasteiger partial charge is 0.322 e. The number of piperazine rings is 1. The van der Waals surface area contributed by atoms with Crippen molar-refractivity contribution in [3.05, 3.63) is 101 Å². The molecule has 4 rings (SSSR count). The molecule has 1 aliphatic rings. The number of hydrogen-bond donors (Lipinski definition) is 1. The molecule has 3 aromatic rings. The van der Waals surface area contributed by atoms with E-state index in [1.807, 2.05) is 0 Å². The van der Waals surface area contributed by atoms with Gasteiger partial charge in [-0.05, 0) is 54.4 Å². The van der Waals surface area contributed by atoms with Gasteiger partial charge in [0, 0.05) is 37.4 Å². The van der Waals surface area contributed by atoms with Gasteiger partial charge >= 0.3 is 6.03 Å². The molecule has 1 saturated heterocycles. The van der Waals surface area contributed by atoms with Gasteiger partial charge in [0.1, 0.15) is 11.6 Å². The maximum Gasteiger partial charge on any atom is 0.321 e. The van der Waals surface area contributed by atoms with Crippen molar-refractivity contribution in [3.8, 4) is 0 Å². The third-order valence-corrected chi connectivity index (χ3v) is 5.86. The van der Waals surface area contributed by atoms with E-state index in [2.05, 4.69) is 10.2 Å². The first-order chi connectivity index (χ1) is 15.9. The molecule has 2 amide bonds. The molecule has 7 heteroatoms. The fraction of sp³-hybridized carbons (Fsp3) is 0.231. The van der Waals surface area contributed by atoms with E-state index in [9.17, 15) is 18.4 Å². The molecule has 1 aliphatic heterocycles. The molecule has 5 nitrogen and oxygen atoms in total. The lowest BCUT2D eigenvalue weighted by Gasteiger charge is -2.39. The Bertz CT molecular complexity index is 1080. The highest BCUT2D eigenvalue weighted by Gasteiger charge is 2.28. The molecular formula is C26H25F2N3O2. The Morgan fingerprint density at radius 2 is 1.36 bits per heavy atom. The number of carbonyl (C=O) groups is 2. The quantitative estimate of drug-likeness (QED) is 0.551. The lowest BCUT2D eigenvalue weighted by atomic mass is 9.96. The van der Waals surface area contributed by atoms with Crippen molar-refractivity contribution in [3.63, 3.8) is 0 Å². The number of amides is 2. The Labute approximate surface area is 191 Å². The first-order valence-corrected chi connectivity index (χ1v) is 10.8. The summed E-state index contributed by atoms with van der Waals surface area (Å²) < 4.78 is 27.0. The first kappa shape index (κ1) is 22.6. The summed E-state index contributed by atoms with van der Waals surface area (Å²) in [7, 11) is 0. The molecule has 1 heterocycles. The number of rotatable bonds is 5. The maximum atomic E-state index is 13.5. The minimum atomic E-state index is -0.313. The fourth-order valence-electron chi connectivity index (χ4n) is 4.11. The van der Waals surface area contributed by atoms with Crippen LogP contribution in [-0.4, -0.2) is 47.8 Å². The molecule has 33 heavy (non-hydrogen) atoms. The second kappa shape index (κ2) is 9.92. The van der Waals surface area contributed by atoms with Crippen LogP contribution in [0.5, 0.6) is 0 Å². The second-order valence-electron chi connectivity index (χ2n) is 8.10. The minimum absolute atomic E-state index is 0.0626. The topological polar surface area (TPSA) is 52.7 Å². The summed E-state index contributed by atoms with van der Waals surface area (Å²) >= 11 is 0. The molecule has 0 saturated carbocycles. The molecule has 1 fully saturated rings. The highest BCUT2D eigenvalue weighted by atomic mass is 19.1. The van der Waals surface area contributed by atoms with E-state index < -0.39 is 0 Å². The lowest BCUT2D eigenvalue weighted by Crippen LogP contribution is -2.51. The summed E-state index contributed by atoms with van der Waals surface area (Å²) in [5.74, 6) is -0.689. The summed E-state index contributed by atoms with van der Waals surface area (Å²) in [5, 5.41) is 2.86. The minimum Gasteiger partial charge on any atom is -0.322 e. The standard InChI is InChI=1S/C26H25F2N3O2/c1-18(32)21-3-2-4-24(17-21)29-26(33)31-15-13-30(14-16-31)25(19-5-9-22(27)10-6-19)20-7-11-23(28)12-8-20/h2-12,17,25H,13-16H2,1H3,(H,29,33). The predicted molar refractivity (Wildman–Crippen MR) is 123 cm³/mol. The highest BCUT2D eigenvalue weighted by Crippen LogP contribution is 2.30. The number of carbonyl (C=O) groups excluding carboxylic acids is 2. The molecule has 0 unspecified atom stereocenters. The molecule has 0 spiro atoms. The van der Waals surface area contributed by atoms with Gasteiger partial charge in [-0.3, -0.25) is 9.69 Å². The van der Waals surface area contributed by atoms with E-state index in [0.29, 0.717) is 37.4 Å². The van der Waals surface area contributed by atoms with E-state index >= 15 is 0 Å². The number of halogens is 2. The first-order valence-electron chi connectivity index (χ1n) is 10.8. The number of anilines is 1. The molecular weight excluding hydrogens is 424 g/mol. The van der Waals surface area contributed by atoms with Crippen molar-refractivity contribution >= 4 is 17.5 Å². The maximum absolute atomic E-state index is 13.5. The number of ketones is 1. The van der Waals surface area contributed by atoms with Crippen molar-refractivity contribution in [2.24, 2.45) is 0 Å². The normalized spacial score (nSPS) is 14.4. The second-order valence-corrected chi connectivity index (χ2v) is 8.10. The molecule has 0 radical (unpaired) electrons. The fourth-order valence-corrected chi connectivity index (χ4v) is 4.11. The summed E-state index contributed by atoms with van der Waals surface area (Å²) in [6.07, 6.45) is 0. The van der Waals surface area contributed by atoms with E-state index in [1.54, 1.807) is 53.4 Å². The summed E-state index contributed by atoms with van der Waals surface area (Å²) in [4.78, 5) is 28.3. The summed E-state index contributed by atoms with van der Waals surface area (Å²) in [5.41, 5.74) is 2.92. The Balaban J connectivity index is 1.46. The van der Waals surface area contributed by atoms with Crippen LogP contribution in [-0.2, 0) is 0 Å². The van der Waals surface area contributed by atoms with Crippen LogP contribution in [0.1, 0.15) is 34.5 Å². The monoisotopic (exact) mass is 449 g/mol. The highest BCUT2D eigenvalue weighted by molar-refractivity contribution is 5.96. The lowest BCUT2D eigenvalue weighted by molar-refractivity contribution is 0.101. The molecule has 170 valence electrons. The number of Topliss-reactive ketones (excluding diaryl/α,β-unsaturated/α-hetero) is 1. The zero-order valence-corrected chi connectivity index (χ0v) is 18.3. The van der Waals surface area contributed by atoms with Gasteiger partial charge in [-0.1, -0.05) is 36.4 Å². The van der Waals surface area contributed by atoms with Crippen LogP contribution >= 0.6 is 0 Å². The van der Waals surface area contributed by atoms with Gasteiger partial charge in [-0.15, -0.1) is 0 Å². The SMILES string of the molecule is CC(=O)c1cccc(NC(=O)N2CCN(C(c3ccc(F)cc3)c3ccc(F)cc3)CC2)c1. The molecule has 0 aromatic heterocycles. The number of nitrogens with zero attached hydrogens (tertiary/aromatic N) is 2. The van der Waals surface area contributed by atoms with Crippen LogP contribution < -0.4 is 5.32 Å². The van der Waals surface area contributed by atoms with Crippen LogP contribution in [0.15, 0.2) is 72.8 Å². The molecule has 3 aromatic carbocycles. The van der Waals surface area contributed by atoms with E-state index in [4.69, 9.17) is 0 Å². The van der Waals surface area contributed by atoms with Gasteiger partial charge in [-0.2, -0.15) is 0 Å². The average Bonchev–Trinajstić information content (AvgIpc) is 2.82. The van der Waals surface area contributed by atoms with Crippen molar-refractivity contribution in [2.75, 3.05) is 31.5 Å². The van der Waals surface area contributed by atoms with Crippen molar-refractivity contribution in [1.82, 2.24) is 9.80 Å². The Morgan fingerprint density at radius 1 is 0.818 bits per heavy atom. The number of urea groups is 1. The summed E-state index contributed by atoms with van der Waals surface area (Å²) in [6, 6.07) is 19.1. The van der Waals surface area contributed by atoms with Crippen LogP contribution in [0.2, 0.25) is 0 Å². The van der Waals surface area contributed by atoms with E-state index in [0.717, 1.165) is 11.1 Å². The van der Waals surface area contributed by atoms with Gasteiger partial charge in [-0.25, -0.2) is 13.6 Å². The number of hydrogen-bond acceptors (Lipinski definition) is 3. The van der Waals surface area contributed by atoms with Crippen LogP contribution in [0, 0.1) is 11.6 Å². The van der Waals surface area contributed by atoms with E-state index in [1.165, 1.54) is 31.2 Å². The Kier molecular flexibility index (Phi) is 6.79. The van der Waals surface area contributed by atoms with Gasteiger partial charge in [0.2, 0.25) is 0 Å². The average molecular weight is 450 g/mol. The third-order valence-electron chi connectivity index (χ3n) is 5.86. The third kappa shape index (κ3) is 5.43. The Hall–Kier alpha value is -3.58. The van der Waals surface area contributed by atoms with Gasteiger partial charge in [0.05, 0.1) is 6.04 Å². The molecule has 0 atom stereocenters.